The maximum atomic E-state index is 12.5. The van der Waals surface area contributed by atoms with Gasteiger partial charge in [-0.15, -0.1) is 10.2 Å². The van der Waals surface area contributed by atoms with E-state index < -0.39 is 0 Å². The Morgan fingerprint density at radius 3 is 2.72 bits per heavy atom. The molecular weight excluding hydrogens is 230 g/mol. The van der Waals surface area contributed by atoms with E-state index in [1.54, 1.807) is 7.05 Å². The van der Waals surface area contributed by atoms with E-state index in [4.69, 9.17) is 0 Å². The summed E-state index contributed by atoms with van der Waals surface area (Å²) < 4.78 is 0. The van der Waals surface area contributed by atoms with Crippen LogP contribution in [0.3, 0.4) is 0 Å². The number of ketones is 1. The molecule has 1 N–H and O–H groups in total. The number of tetrazole rings is 1. The molecule has 0 radical (unpaired) electrons. The Labute approximate surface area is 107 Å². The molecule has 0 aliphatic carbocycles. The van der Waals surface area contributed by atoms with Gasteiger partial charge >= 0.3 is 0 Å². The Morgan fingerprint density at radius 2 is 2.17 bits per heavy atom. The van der Waals surface area contributed by atoms with Gasteiger partial charge in [0.05, 0.1) is 13.5 Å². The van der Waals surface area contributed by atoms with Crippen molar-refractivity contribution in [1.82, 2.24) is 25.5 Å². The molecule has 1 aromatic heterocycles. The summed E-state index contributed by atoms with van der Waals surface area (Å²) in [6.07, 6.45) is 4.18. The van der Waals surface area contributed by atoms with Crippen LogP contribution in [0, 0.1) is 5.41 Å². The van der Waals surface area contributed by atoms with Crippen LogP contribution < -0.4 is 5.32 Å². The molecule has 1 aliphatic rings. The van der Waals surface area contributed by atoms with Gasteiger partial charge in [-0.25, -0.2) is 0 Å². The highest BCUT2D eigenvalue weighted by Crippen LogP contribution is 2.35. The second-order valence-corrected chi connectivity index (χ2v) is 5.08. The van der Waals surface area contributed by atoms with Crippen molar-refractivity contribution >= 4 is 5.78 Å². The average molecular weight is 251 g/mol. The average Bonchev–Trinajstić information content (AvgIpc) is 2.76. The minimum atomic E-state index is -0.167. The fraction of sp³-hybridized carbons (Fsp3) is 0.833. The lowest BCUT2D eigenvalue weighted by molar-refractivity contribution is -0.130. The van der Waals surface area contributed by atoms with Gasteiger partial charge < -0.3 is 5.32 Å². The predicted molar refractivity (Wildman–Crippen MR) is 67.0 cm³/mol. The zero-order chi connectivity index (χ0) is 13.0. The van der Waals surface area contributed by atoms with E-state index in [0.29, 0.717) is 12.2 Å². The maximum Gasteiger partial charge on any atom is 0.182 e. The summed E-state index contributed by atoms with van der Waals surface area (Å²) in [5, 5.41) is 15.1. The second-order valence-electron chi connectivity index (χ2n) is 5.08. The van der Waals surface area contributed by atoms with Gasteiger partial charge in [0, 0.05) is 5.41 Å². The Balaban J connectivity index is 2.08. The Kier molecular flexibility index (Phi) is 4.06. The van der Waals surface area contributed by atoms with Crippen molar-refractivity contribution in [2.75, 3.05) is 13.1 Å². The van der Waals surface area contributed by atoms with Crippen molar-refractivity contribution in [2.45, 2.75) is 39.0 Å². The highest BCUT2D eigenvalue weighted by atomic mass is 16.1. The van der Waals surface area contributed by atoms with Crippen LogP contribution in [-0.4, -0.2) is 39.1 Å². The van der Waals surface area contributed by atoms with E-state index in [2.05, 4.69) is 27.7 Å². The lowest BCUT2D eigenvalue weighted by Gasteiger charge is -2.36. The van der Waals surface area contributed by atoms with Gasteiger partial charge in [-0.1, -0.05) is 13.3 Å². The number of aromatic nitrogens is 4. The zero-order valence-corrected chi connectivity index (χ0v) is 11.1. The topological polar surface area (TPSA) is 72.7 Å². The summed E-state index contributed by atoms with van der Waals surface area (Å²) in [7, 11) is 1.72. The monoisotopic (exact) mass is 251 g/mol. The number of carbonyl (C=O) groups excluding carboxylic acids is 1. The first-order valence-corrected chi connectivity index (χ1v) is 6.63. The highest BCUT2D eigenvalue weighted by Gasteiger charge is 2.38. The number of nitrogens with one attached hydrogen (secondary N) is 1. The molecule has 0 saturated carbocycles. The number of rotatable bonds is 5. The van der Waals surface area contributed by atoms with Crippen LogP contribution in [-0.2, 0) is 18.3 Å². The summed E-state index contributed by atoms with van der Waals surface area (Å²) in [5.74, 6) is 0.815. The summed E-state index contributed by atoms with van der Waals surface area (Å²) in [6.45, 7) is 4.00. The van der Waals surface area contributed by atoms with Crippen molar-refractivity contribution in [1.29, 1.82) is 0 Å². The van der Waals surface area contributed by atoms with Crippen LogP contribution in [0.25, 0.3) is 0 Å². The summed E-state index contributed by atoms with van der Waals surface area (Å²) in [6, 6.07) is 0. The zero-order valence-electron chi connectivity index (χ0n) is 11.1. The first-order chi connectivity index (χ1) is 8.66. The van der Waals surface area contributed by atoms with Crippen LogP contribution in [0.1, 0.15) is 38.4 Å². The Hall–Kier alpha value is -1.30. The normalized spacial score (nSPS) is 18.8. The van der Waals surface area contributed by atoms with Crippen LogP contribution in [0.15, 0.2) is 0 Å². The standard InChI is InChI=1S/C12H21N5O/c1-3-4-12(5-7-13-8-6-12)10(18)9-11-14-16-17(2)15-11/h13H,3-9H2,1-2H3. The molecule has 0 amide bonds. The van der Waals surface area contributed by atoms with Gasteiger partial charge in [0.2, 0.25) is 0 Å². The number of aryl methyl sites for hydroxylation is 1. The molecule has 18 heavy (non-hydrogen) atoms. The first kappa shape index (κ1) is 13.1. The van der Waals surface area contributed by atoms with E-state index in [1.165, 1.54) is 4.80 Å². The fourth-order valence-corrected chi connectivity index (χ4v) is 2.78. The van der Waals surface area contributed by atoms with Gasteiger partial charge in [0.15, 0.2) is 5.82 Å². The quantitative estimate of drug-likeness (QED) is 0.824. The molecule has 0 unspecified atom stereocenters. The molecule has 0 spiro atoms. The summed E-state index contributed by atoms with van der Waals surface area (Å²) in [5.41, 5.74) is -0.167. The number of Topliss-reactive ketones (excluding diaryl/α,β-unsaturated/α-hetero) is 1. The highest BCUT2D eigenvalue weighted by molar-refractivity contribution is 5.86. The summed E-state index contributed by atoms with van der Waals surface area (Å²) >= 11 is 0. The Bertz CT molecular complexity index is 403. The Morgan fingerprint density at radius 1 is 1.44 bits per heavy atom. The van der Waals surface area contributed by atoms with Gasteiger partial charge in [-0.2, -0.15) is 4.80 Å². The lowest BCUT2D eigenvalue weighted by Crippen LogP contribution is -2.43. The molecule has 1 fully saturated rings. The smallest absolute Gasteiger partial charge is 0.182 e. The molecule has 0 atom stereocenters. The SMILES string of the molecule is CCCC1(C(=O)Cc2nnn(C)n2)CCNCC1. The third-order valence-corrected chi connectivity index (χ3v) is 3.75. The minimum absolute atomic E-state index is 0.167. The second kappa shape index (κ2) is 5.56. The van der Waals surface area contributed by atoms with Gasteiger partial charge in [0.1, 0.15) is 5.78 Å². The molecule has 1 saturated heterocycles. The molecule has 6 nitrogen and oxygen atoms in total. The van der Waals surface area contributed by atoms with E-state index in [-0.39, 0.29) is 11.2 Å². The molecule has 6 heteroatoms. The van der Waals surface area contributed by atoms with Crippen LogP contribution in [0.5, 0.6) is 0 Å². The van der Waals surface area contributed by atoms with E-state index in [0.717, 1.165) is 38.8 Å². The molecule has 100 valence electrons. The van der Waals surface area contributed by atoms with Crippen molar-refractivity contribution in [3.63, 3.8) is 0 Å². The molecule has 2 rings (SSSR count). The maximum absolute atomic E-state index is 12.5. The van der Waals surface area contributed by atoms with Crippen LogP contribution >= 0.6 is 0 Å². The lowest BCUT2D eigenvalue weighted by atomic mass is 9.71. The van der Waals surface area contributed by atoms with Crippen LogP contribution in [0.4, 0.5) is 0 Å². The van der Waals surface area contributed by atoms with Crippen LogP contribution in [0.2, 0.25) is 0 Å². The van der Waals surface area contributed by atoms with Crippen molar-refractivity contribution in [3.8, 4) is 0 Å². The molecule has 1 aliphatic heterocycles. The number of hydrogen-bond acceptors (Lipinski definition) is 5. The largest absolute Gasteiger partial charge is 0.317 e. The van der Waals surface area contributed by atoms with E-state index in [9.17, 15) is 4.79 Å². The third kappa shape index (κ3) is 2.75. The first-order valence-electron chi connectivity index (χ1n) is 6.63. The molecule has 1 aromatic rings. The van der Waals surface area contributed by atoms with Gasteiger partial charge in [-0.05, 0) is 37.6 Å². The number of carbonyl (C=O) groups is 1. The van der Waals surface area contributed by atoms with Crippen molar-refractivity contribution in [3.05, 3.63) is 5.82 Å². The molecule has 0 aromatic carbocycles. The van der Waals surface area contributed by atoms with Gasteiger partial charge in [0.25, 0.3) is 0 Å². The fourth-order valence-electron chi connectivity index (χ4n) is 2.78. The molecule has 0 bridgehead atoms. The predicted octanol–water partition coefficient (Wildman–Crippen LogP) is 0.492. The van der Waals surface area contributed by atoms with E-state index in [1.807, 2.05) is 0 Å². The molecular formula is C12H21N5O. The van der Waals surface area contributed by atoms with Crippen molar-refractivity contribution < 1.29 is 4.79 Å². The minimum Gasteiger partial charge on any atom is -0.317 e. The number of piperidine rings is 1. The van der Waals surface area contributed by atoms with E-state index >= 15 is 0 Å². The number of hydrogen-bond donors (Lipinski definition) is 1. The molecule has 2 heterocycles. The third-order valence-electron chi connectivity index (χ3n) is 3.75. The number of nitrogens with zero attached hydrogens (tertiary/aromatic N) is 4. The summed E-state index contributed by atoms with van der Waals surface area (Å²) in [4.78, 5) is 13.9. The van der Waals surface area contributed by atoms with Crippen molar-refractivity contribution in [2.24, 2.45) is 12.5 Å². The van der Waals surface area contributed by atoms with Gasteiger partial charge in [-0.3, -0.25) is 4.79 Å².